The van der Waals surface area contributed by atoms with E-state index in [1.54, 1.807) is 0 Å². The summed E-state index contributed by atoms with van der Waals surface area (Å²) in [4.78, 5) is 0. The Morgan fingerprint density at radius 1 is 1.14 bits per heavy atom. The van der Waals surface area contributed by atoms with Crippen LogP contribution in [0.1, 0.15) is 80.6 Å². The Balaban J connectivity index is 2.67. The van der Waals surface area contributed by atoms with Crippen LogP contribution in [-0.2, 0) is 4.74 Å². The lowest BCUT2D eigenvalue weighted by atomic mass is 9.68. The summed E-state index contributed by atoms with van der Waals surface area (Å²) < 4.78 is 6.59. The topological polar surface area (TPSA) is 21.3 Å². The lowest BCUT2D eigenvalue weighted by Gasteiger charge is -2.45. The van der Waals surface area contributed by atoms with Crippen molar-refractivity contribution >= 4 is 0 Å². The van der Waals surface area contributed by atoms with Crippen LogP contribution in [0.25, 0.3) is 0 Å². The van der Waals surface area contributed by atoms with Gasteiger partial charge in [0.1, 0.15) is 0 Å². The van der Waals surface area contributed by atoms with E-state index in [9.17, 15) is 0 Å². The summed E-state index contributed by atoms with van der Waals surface area (Å²) in [7, 11) is 0. The van der Waals surface area contributed by atoms with Crippen molar-refractivity contribution in [3.8, 4) is 0 Å². The molecule has 2 nitrogen and oxygen atoms in total. The van der Waals surface area contributed by atoms with E-state index in [1.807, 2.05) is 0 Å². The van der Waals surface area contributed by atoms with Crippen LogP contribution >= 0.6 is 0 Å². The highest BCUT2D eigenvalue weighted by Gasteiger charge is 2.40. The first kappa shape index (κ1) is 19.0. The maximum atomic E-state index is 6.59. The Labute approximate surface area is 133 Å². The van der Waals surface area contributed by atoms with Gasteiger partial charge in [-0.15, -0.1) is 0 Å². The van der Waals surface area contributed by atoms with Gasteiger partial charge in [0.15, 0.2) is 0 Å². The van der Waals surface area contributed by atoms with Gasteiger partial charge in [0.2, 0.25) is 0 Å². The van der Waals surface area contributed by atoms with E-state index in [4.69, 9.17) is 4.74 Å². The fourth-order valence-corrected chi connectivity index (χ4v) is 3.37. The average Bonchev–Trinajstić information content (AvgIpc) is 2.38. The standard InChI is InChI=1S/C19H39NO/c1-8-13-20-14-19(21-16(4)15(2)3)11-9-17(10-12-19)18(5,6)7/h15-17,20H,8-14H2,1-7H3. The summed E-state index contributed by atoms with van der Waals surface area (Å²) in [5, 5.41) is 3.62. The molecule has 1 aliphatic rings. The molecule has 1 unspecified atom stereocenters. The molecule has 0 bridgehead atoms. The molecule has 0 aromatic rings. The maximum Gasteiger partial charge on any atom is 0.0810 e. The van der Waals surface area contributed by atoms with Crippen molar-refractivity contribution < 1.29 is 4.74 Å². The lowest BCUT2D eigenvalue weighted by Crippen LogP contribution is -2.49. The van der Waals surface area contributed by atoms with Gasteiger partial charge in [0, 0.05) is 6.54 Å². The number of ether oxygens (including phenoxy) is 1. The summed E-state index contributed by atoms with van der Waals surface area (Å²) in [6, 6.07) is 0. The second kappa shape index (κ2) is 7.97. The van der Waals surface area contributed by atoms with E-state index < -0.39 is 0 Å². The van der Waals surface area contributed by atoms with E-state index in [-0.39, 0.29) is 5.60 Å². The van der Waals surface area contributed by atoms with Gasteiger partial charge in [0.25, 0.3) is 0 Å². The molecule has 1 saturated carbocycles. The van der Waals surface area contributed by atoms with Gasteiger partial charge in [-0.2, -0.15) is 0 Å². The predicted octanol–water partition coefficient (Wildman–Crippen LogP) is 5.02. The third-order valence-electron chi connectivity index (χ3n) is 5.37. The first-order valence-corrected chi connectivity index (χ1v) is 9.09. The van der Waals surface area contributed by atoms with E-state index in [2.05, 4.69) is 53.8 Å². The molecule has 0 amide bonds. The van der Waals surface area contributed by atoms with Crippen molar-refractivity contribution in [3.05, 3.63) is 0 Å². The molecule has 126 valence electrons. The number of rotatable bonds is 7. The Kier molecular flexibility index (Phi) is 7.19. The predicted molar refractivity (Wildman–Crippen MR) is 92.7 cm³/mol. The molecule has 0 heterocycles. The zero-order chi connectivity index (χ0) is 16.1. The molecule has 0 aliphatic heterocycles. The van der Waals surface area contributed by atoms with Crippen LogP contribution in [0.2, 0.25) is 0 Å². The molecule has 1 rings (SSSR count). The second-order valence-electron chi connectivity index (χ2n) is 8.57. The van der Waals surface area contributed by atoms with Gasteiger partial charge in [0.05, 0.1) is 11.7 Å². The van der Waals surface area contributed by atoms with E-state index in [1.165, 1.54) is 32.1 Å². The van der Waals surface area contributed by atoms with Gasteiger partial charge < -0.3 is 10.1 Å². The molecule has 0 aromatic carbocycles. The zero-order valence-corrected chi connectivity index (χ0v) is 15.6. The fraction of sp³-hybridized carbons (Fsp3) is 1.00. The van der Waals surface area contributed by atoms with E-state index in [0.29, 0.717) is 17.4 Å². The van der Waals surface area contributed by atoms with Crippen molar-refractivity contribution in [1.82, 2.24) is 5.32 Å². The summed E-state index contributed by atoms with van der Waals surface area (Å²) in [6.07, 6.45) is 6.58. The molecule has 0 spiro atoms. The minimum absolute atomic E-state index is 0.0700. The monoisotopic (exact) mass is 297 g/mol. The van der Waals surface area contributed by atoms with Crippen LogP contribution in [0, 0.1) is 17.3 Å². The van der Waals surface area contributed by atoms with Crippen molar-refractivity contribution in [2.45, 2.75) is 92.3 Å². The molecular weight excluding hydrogens is 258 g/mol. The first-order chi connectivity index (χ1) is 9.70. The van der Waals surface area contributed by atoms with Gasteiger partial charge in [-0.25, -0.2) is 0 Å². The molecule has 1 aliphatic carbocycles. The second-order valence-corrected chi connectivity index (χ2v) is 8.57. The molecule has 1 N–H and O–H groups in total. The third kappa shape index (κ3) is 5.90. The number of hydrogen-bond acceptors (Lipinski definition) is 2. The minimum Gasteiger partial charge on any atom is -0.370 e. The van der Waals surface area contributed by atoms with Crippen molar-refractivity contribution in [1.29, 1.82) is 0 Å². The molecule has 0 saturated heterocycles. The van der Waals surface area contributed by atoms with Gasteiger partial charge in [-0.05, 0) is 62.8 Å². The smallest absolute Gasteiger partial charge is 0.0810 e. The van der Waals surface area contributed by atoms with Crippen LogP contribution in [0.5, 0.6) is 0 Å². The average molecular weight is 298 g/mol. The molecule has 1 fully saturated rings. The fourth-order valence-electron chi connectivity index (χ4n) is 3.37. The van der Waals surface area contributed by atoms with E-state index in [0.717, 1.165) is 19.0 Å². The minimum atomic E-state index is 0.0700. The van der Waals surface area contributed by atoms with Crippen LogP contribution in [-0.4, -0.2) is 24.8 Å². The molecule has 0 radical (unpaired) electrons. The first-order valence-electron chi connectivity index (χ1n) is 9.09. The normalized spacial score (nSPS) is 28.9. The quantitative estimate of drug-likeness (QED) is 0.666. The molecule has 0 aromatic heterocycles. The molecule has 21 heavy (non-hydrogen) atoms. The van der Waals surface area contributed by atoms with E-state index >= 15 is 0 Å². The summed E-state index contributed by atoms with van der Waals surface area (Å²) in [5.74, 6) is 1.43. The Morgan fingerprint density at radius 2 is 1.71 bits per heavy atom. The van der Waals surface area contributed by atoms with Crippen LogP contribution in [0.3, 0.4) is 0 Å². The van der Waals surface area contributed by atoms with Crippen molar-refractivity contribution in [3.63, 3.8) is 0 Å². The maximum absolute atomic E-state index is 6.59. The largest absolute Gasteiger partial charge is 0.370 e. The highest BCUT2D eigenvalue weighted by molar-refractivity contribution is 4.93. The van der Waals surface area contributed by atoms with Crippen LogP contribution in [0.4, 0.5) is 0 Å². The summed E-state index contributed by atoms with van der Waals surface area (Å²) >= 11 is 0. The van der Waals surface area contributed by atoms with Crippen LogP contribution < -0.4 is 5.32 Å². The zero-order valence-electron chi connectivity index (χ0n) is 15.6. The van der Waals surface area contributed by atoms with Crippen molar-refractivity contribution in [2.24, 2.45) is 17.3 Å². The number of nitrogens with one attached hydrogen (secondary N) is 1. The Hall–Kier alpha value is -0.0800. The molecular formula is C19H39NO. The summed E-state index contributed by atoms with van der Waals surface area (Å²) in [6.45, 7) is 18.3. The molecule has 1 atom stereocenters. The highest BCUT2D eigenvalue weighted by atomic mass is 16.5. The SMILES string of the molecule is CCCNCC1(OC(C)C(C)C)CCC(C(C)(C)C)CC1. The van der Waals surface area contributed by atoms with Gasteiger partial charge >= 0.3 is 0 Å². The van der Waals surface area contributed by atoms with Crippen molar-refractivity contribution in [2.75, 3.05) is 13.1 Å². The lowest BCUT2D eigenvalue weighted by molar-refractivity contribution is -0.130. The molecule has 2 heteroatoms. The Bertz CT molecular complexity index is 284. The van der Waals surface area contributed by atoms with Gasteiger partial charge in [-0.3, -0.25) is 0 Å². The number of hydrogen-bond donors (Lipinski definition) is 1. The van der Waals surface area contributed by atoms with Gasteiger partial charge in [-0.1, -0.05) is 41.5 Å². The summed E-state index contributed by atoms with van der Waals surface area (Å²) in [5.41, 5.74) is 0.507. The third-order valence-corrected chi connectivity index (χ3v) is 5.37. The highest BCUT2D eigenvalue weighted by Crippen LogP contribution is 2.43. The Morgan fingerprint density at radius 3 is 2.14 bits per heavy atom. The van der Waals surface area contributed by atoms with Crippen LogP contribution in [0.15, 0.2) is 0 Å².